The molecule has 2 atom stereocenters. The molecule has 0 spiro atoms. The summed E-state index contributed by atoms with van der Waals surface area (Å²) in [5, 5.41) is 2.12. The number of rotatable bonds is 8. The number of alkyl carbamates (subject to hydrolysis) is 1. The van der Waals surface area contributed by atoms with E-state index in [2.05, 4.69) is 4.90 Å². The molecule has 0 aliphatic carbocycles. The van der Waals surface area contributed by atoms with Crippen LogP contribution in [0.3, 0.4) is 0 Å². The summed E-state index contributed by atoms with van der Waals surface area (Å²) in [4.78, 5) is 54.9. The highest BCUT2D eigenvalue weighted by molar-refractivity contribution is 6.31. The molecule has 0 aromatic heterocycles. The quantitative estimate of drug-likeness (QED) is 0.489. The lowest BCUT2D eigenvalue weighted by molar-refractivity contribution is -0.139. The molecule has 0 saturated carbocycles. The Morgan fingerprint density at radius 1 is 1.10 bits per heavy atom. The molecular formula is C27H33ClFN5O6. The number of nitrogens with one attached hydrogen (secondary N) is 1. The molecule has 216 valence electrons. The van der Waals surface area contributed by atoms with Crippen molar-refractivity contribution in [2.75, 3.05) is 37.7 Å². The minimum Gasteiger partial charge on any atom is -0.482 e. The van der Waals surface area contributed by atoms with Crippen LogP contribution in [0.4, 0.5) is 19.7 Å². The van der Waals surface area contributed by atoms with Gasteiger partial charge in [0.05, 0.1) is 18.8 Å². The molecule has 3 N–H and O–H groups in total. The Balaban J connectivity index is 1.71. The van der Waals surface area contributed by atoms with Gasteiger partial charge in [-0.1, -0.05) is 23.7 Å². The molecule has 2 aromatic rings. The van der Waals surface area contributed by atoms with Crippen molar-refractivity contribution in [1.29, 1.82) is 0 Å². The van der Waals surface area contributed by atoms with Gasteiger partial charge in [0.1, 0.15) is 11.6 Å². The topological polar surface area (TPSA) is 135 Å². The SMILES string of the molecule is CCOC(=O)NC(=O)N(C(=O)CN)c1cc(Cl)ccc1OCC(=O)N1C[C@@H](C)N(Cc2ccc(F)cc2)C[C@@H]1C. The van der Waals surface area contributed by atoms with Crippen molar-refractivity contribution in [3.05, 3.63) is 58.9 Å². The lowest BCUT2D eigenvalue weighted by Crippen LogP contribution is -2.58. The highest BCUT2D eigenvalue weighted by Crippen LogP contribution is 2.32. The molecule has 1 aliphatic heterocycles. The summed E-state index contributed by atoms with van der Waals surface area (Å²) in [5.74, 6) is -1.43. The fourth-order valence-electron chi connectivity index (χ4n) is 4.36. The molecule has 1 heterocycles. The molecule has 0 bridgehead atoms. The monoisotopic (exact) mass is 577 g/mol. The number of benzene rings is 2. The predicted octanol–water partition coefficient (Wildman–Crippen LogP) is 3.14. The second kappa shape index (κ2) is 14.1. The van der Waals surface area contributed by atoms with Crippen LogP contribution in [0, 0.1) is 5.82 Å². The third kappa shape index (κ3) is 7.90. The van der Waals surface area contributed by atoms with Gasteiger partial charge >= 0.3 is 12.1 Å². The van der Waals surface area contributed by atoms with E-state index in [0.29, 0.717) is 24.5 Å². The molecule has 1 saturated heterocycles. The molecule has 1 aliphatic rings. The molecule has 1 fully saturated rings. The zero-order valence-electron chi connectivity index (χ0n) is 22.6. The lowest BCUT2D eigenvalue weighted by atomic mass is 10.1. The zero-order valence-corrected chi connectivity index (χ0v) is 23.3. The van der Waals surface area contributed by atoms with E-state index in [0.717, 1.165) is 5.56 Å². The van der Waals surface area contributed by atoms with Gasteiger partial charge in [-0.05, 0) is 56.7 Å². The summed E-state index contributed by atoms with van der Waals surface area (Å²) in [6.07, 6.45) is -1.05. The van der Waals surface area contributed by atoms with Crippen LogP contribution in [0.15, 0.2) is 42.5 Å². The second-order valence-electron chi connectivity index (χ2n) is 9.28. The second-order valence-corrected chi connectivity index (χ2v) is 9.72. The Morgan fingerprint density at radius 2 is 1.80 bits per heavy atom. The number of imide groups is 2. The summed E-state index contributed by atoms with van der Waals surface area (Å²) >= 11 is 6.12. The van der Waals surface area contributed by atoms with Crippen molar-refractivity contribution in [1.82, 2.24) is 15.1 Å². The van der Waals surface area contributed by atoms with E-state index >= 15 is 0 Å². The summed E-state index contributed by atoms with van der Waals surface area (Å²) in [7, 11) is 0. The van der Waals surface area contributed by atoms with Gasteiger partial charge in [-0.25, -0.2) is 24.2 Å². The minimum atomic E-state index is -1.12. The van der Waals surface area contributed by atoms with Gasteiger partial charge in [-0.3, -0.25) is 14.5 Å². The van der Waals surface area contributed by atoms with Crippen molar-refractivity contribution in [3.8, 4) is 5.75 Å². The third-order valence-corrected chi connectivity index (χ3v) is 6.59. The Bertz CT molecular complexity index is 1230. The summed E-state index contributed by atoms with van der Waals surface area (Å²) < 4.78 is 23.7. The highest BCUT2D eigenvalue weighted by Gasteiger charge is 2.33. The molecule has 40 heavy (non-hydrogen) atoms. The van der Waals surface area contributed by atoms with Gasteiger partial charge in [-0.2, -0.15) is 0 Å². The maximum atomic E-state index is 13.3. The summed E-state index contributed by atoms with van der Waals surface area (Å²) in [6, 6.07) is 9.28. The summed E-state index contributed by atoms with van der Waals surface area (Å²) in [5.41, 5.74) is 6.38. The van der Waals surface area contributed by atoms with Crippen LogP contribution >= 0.6 is 11.6 Å². The highest BCUT2D eigenvalue weighted by atomic mass is 35.5. The van der Waals surface area contributed by atoms with Gasteiger partial charge in [-0.15, -0.1) is 0 Å². The number of halogens is 2. The number of urea groups is 1. The zero-order chi connectivity index (χ0) is 29.4. The van der Waals surface area contributed by atoms with Crippen LogP contribution < -0.4 is 20.7 Å². The van der Waals surface area contributed by atoms with Crippen LogP contribution in [0.1, 0.15) is 26.3 Å². The molecule has 13 heteroatoms. The summed E-state index contributed by atoms with van der Waals surface area (Å²) in [6.45, 7) is 6.22. The van der Waals surface area contributed by atoms with Crippen LogP contribution in [0.25, 0.3) is 0 Å². The van der Waals surface area contributed by atoms with Crippen LogP contribution in [0.5, 0.6) is 5.75 Å². The number of hydrogen-bond acceptors (Lipinski definition) is 8. The number of piperazine rings is 1. The lowest BCUT2D eigenvalue weighted by Gasteiger charge is -2.44. The average Bonchev–Trinajstić information content (AvgIpc) is 2.91. The molecule has 5 amide bonds. The van der Waals surface area contributed by atoms with Crippen molar-refractivity contribution in [2.24, 2.45) is 5.73 Å². The van der Waals surface area contributed by atoms with Gasteiger partial charge in [0.25, 0.3) is 5.91 Å². The van der Waals surface area contributed by atoms with Crippen LogP contribution in [0.2, 0.25) is 5.02 Å². The number of nitrogens with zero attached hydrogens (tertiary/aromatic N) is 3. The Morgan fingerprint density at radius 3 is 2.45 bits per heavy atom. The van der Waals surface area contributed by atoms with Crippen molar-refractivity contribution >= 4 is 41.2 Å². The first-order chi connectivity index (χ1) is 19.0. The number of nitrogens with two attached hydrogens (primary N) is 1. The number of carbonyl (C=O) groups excluding carboxylic acids is 4. The van der Waals surface area contributed by atoms with Gasteiger partial charge in [0, 0.05) is 36.7 Å². The number of amides is 5. The van der Waals surface area contributed by atoms with Crippen molar-refractivity contribution in [3.63, 3.8) is 0 Å². The first-order valence-electron chi connectivity index (χ1n) is 12.7. The van der Waals surface area contributed by atoms with E-state index in [9.17, 15) is 23.6 Å². The Hall–Kier alpha value is -3.74. The molecule has 11 nitrogen and oxygen atoms in total. The maximum absolute atomic E-state index is 13.3. The normalized spacial score (nSPS) is 17.2. The van der Waals surface area contributed by atoms with E-state index in [4.69, 9.17) is 26.8 Å². The predicted molar refractivity (Wildman–Crippen MR) is 146 cm³/mol. The third-order valence-electron chi connectivity index (χ3n) is 6.36. The molecule has 0 radical (unpaired) electrons. The fourth-order valence-corrected chi connectivity index (χ4v) is 4.53. The smallest absolute Gasteiger partial charge is 0.415 e. The maximum Gasteiger partial charge on any atom is 0.415 e. The van der Waals surface area contributed by atoms with Crippen LogP contribution in [-0.2, 0) is 20.9 Å². The molecule has 2 aromatic carbocycles. The molecule has 3 rings (SSSR count). The van der Waals surface area contributed by atoms with Crippen molar-refractivity contribution < 1.29 is 33.0 Å². The first-order valence-corrected chi connectivity index (χ1v) is 13.1. The van der Waals surface area contributed by atoms with E-state index < -0.39 is 24.6 Å². The van der Waals surface area contributed by atoms with E-state index in [-0.39, 0.29) is 53.5 Å². The van der Waals surface area contributed by atoms with E-state index in [1.54, 1.807) is 24.0 Å². The van der Waals surface area contributed by atoms with E-state index in [1.807, 2.05) is 19.2 Å². The van der Waals surface area contributed by atoms with Crippen molar-refractivity contribution in [2.45, 2.75) is 39.4 Å². The van der Waals surface area contributed by atoms with E-state index in [1.165, 1.54) is 30.3 Å². The Kier molecular flexibility index (Phi) is 10.8. The number of ether oxygens (including phenoxy) is 2. The molecular weight excluding hydrogens is 545 g/mol. The largest absolute Gasteiger partial charge is 0.482 e. The number of carbonyl (C=O) groups is 4. The fraction of sp³-hybridized carbons (Fsp3) is 0.407. The van der Waals surface area contributed by atoms with Gasteiger partial charge in [0.15, 0.2) is 6.61 Å². The first kappa shape index (κ1) is 30.8. The van der Waals surface area contributed by atoms with Gasteiger partial charge in [0.2, 0.25) is 5.91 Å². The standard InChI is InChI=1S/C27H33ClFN5O6/c1-4-39-27(38)31-26(37)34(24(35)12-30)22-11-20(28)7-10-23(22)40-16-25(36)33-14-17(2)32(13-18(33)3)15-19-5-8-21(29)9-6-19/h5-11,17-18H,4,12-16,30H2,1-3H3,(H,31,37,38)/t17-,18+/m1/s1. The van der Waals surface area contributed by atoms with Crippen LogP contribution in [-0.4, -0.2) is 78.7 Å². The minimum absolute atomic E-state index is 0.00852. The Labute approximate surface area is 236 Å². The van der Waals surface area contributed by atoms with Gasteiger partial charge < -0.3 is 20.1 Å². The number of hydrogen-bond donors (Lipinski definition) is 2. The molecule has 0 unspecified atom stereocenters. The average molecular weight is 578 g/mol. The number of anilines is 1.